The van der Waals surface area contributed by atoms with Crippen LogP contribution in [0.5, 0.6) is 0 Å². The summed E-state index contributed by atoms with van der Waals surface area (Å²) in [7, 11) is 2.22. The van der Waals surface area contributed by atoms with Gasteiger partial charge in [-0.2, -0.15) is 0 Å². The molecule has 0 aromatic heterocycles. The first-order valence-electron chi connectivity index (χ1n) is 6.24. The van der Waals surface area contributed by atoms with E-state index in [0.717, 1.165) is 5.92 Å². The Morgan fingerprint density at radius 1 is 0.857 bits per heavy atom. The fraction of sp³-hybridized carbons (Fsp3) is 1.00. The van der Waals surface area contributed by atoms with E-state index in [-0.39, 0.29) is 0 Å². The van der Waals surface area contributed by atoms with E-state index in [2.05, 4.69) is 39.6 Å². The van der Waals surface area contributed by atoms with E-state index >= 15 is 0 Å². The van der Waals surface area contributed by atoms with E-state index in [1.54, 1.807) is 0 Å². The number of unbranched alkanes of at least 4 members (excludes halogenated alkanes) is 3. The lowest BCUT2D eigenvalue weighted by Crippen LogP contribution is -2.27. The highest BCUT2D eigenvalue weighted by Gasteiger charge is 2.01. The summed E-state index contributed by atoms with van der Waals surface area (Å²) in [6, 6.07) is 0.700. The third-order valence-corrected chi connectivity index (χ3v) is 2.92. The van der Waals surface area contributed by atoms with Crippen molar-refractivity contribution in [1.29, 1.82) is 0 Å². The molecule has 0 rings (SSSR count). The fourth-order valence-corrected chi connectivity index (χ4v) is 1.53. The maximum Gasteiger partial charge on any atom is 0.00355 e. The van der Waals surface area contributed by atoms with Crippen molar-refractivity contribution in [3.8, 4) is 0 Å². The van der Waals surface area contributed by atoms with Crippen molar-refractivity contribution in [2.75, 3.05) is 13.6 Å². The van der Waals surface area contributed by atoms with Gasteiger partial charge >= 0.3 is 0 Å². The second-order valence-corrected chi connectivity index (χ2v) is 5.17. The average molecular weight is 199 g/mol. The van der Waals surface area contributed by atoms with Crippen LogP contribution >= 0.6 is 0 Å². The molecule has 0 aromatic rings. The molecule has 0 saturated heterocycles. The summed E-state index contributed by atoms with van der Waals surface area (Å²) in [4.78, 5) is 2.43. The molecule has 0 radical (unpaired) electrons. The molecule has 0 heterocycles. The van der Waals surface area contributed by atoms with Gasteiger partial charge in [0.25, 0.3) is 0 Å². The highest BCUT2D eigenvalue weighted by molar-refractivity contribution is 4.57. The summed E-state index contributed by atoms with van der Waals surface area (Å²) in [5, 5.41) is 0. The number of rotatable bonds is 8. The van der Waals surface area contributed by atoms with Crippen molar-refractivity contribution < 1.29 is 0 Å². The molecule has 0 N–H and O–H groups in total. The topological polar surface area (TPSA) is 3.24 Å². The van der Waals surface area contributed by atoms with Crippen LogP contribution in [-0.4, -0.2) is 24.5 Å². The normalized spacial score (nSPS) is 12.0. The monoisotopic (exact) mass is 199 g/mol. The zero-order valence-electron chi connectivity index (χ0n) is 10.8. The number of nitrogens with zero attached hydrogens (tertiary/aromatic N) is 1. The predicted molar refractivity (Wildman–Crippen MR) is 65.7 cm³/mol. The van der Waals surface area contributed by atoms with Crippen LogP contribution in [0.4, 0.5) is 0 Å². The maximum atomic E-state index is 2.43. The Morgan fingerprint density at radius 3 is 1.93 bits per heavy atom. The lowest BCUT2D eigenvalue weighted by molar-refractivity contribution is 0.267. The Hall–Kier alpha value is -0.0400. The van der Waals surface area contributed by atoms with Gasteiger partial charge in [-0.15, -0.1) is 0 Å². The van der Waals surface area contributed by atoms with Crippen molar-refractivity contribution in [2.45, 2.75) is 65.8 Å². The average Bonchev–Trinajstić information content (AvgIpc) is 2.09. The van der Waals surface area contributed by atoms with Gasteiger partial charge in [-0.25, -0.2) is 0 Å². The molecule has 0 aliphatic heterocycles. The predicted octanol–water partition coefficient (Wildman–Crippen LogP) is 3.93. The van der Waals surface area contributed by atoms with Gasteiger partial charge in [0.15, 0.2) is 0 Å². The van der Waals surface area contributed by atoms with E-state index < -0.39 is 0 Å². The summed E-state index contributed by atoms with van der Waals surface area (Å²) in [6.07, 6.45) is 7.02. The van der Waals surface area contributed by atoms with Gasteiger partial charge in [0.05, 0.1) is 0 Å². The molecule has 0 unspecified atom stereocenters. The Bertz CT molecular complexity index is 118. The van der Waals surface area contributed by atoms with Gasteiger partial charge in [0.1, 0.15) is 0 Å². The summed E-state index contributed by atoms with van der Waals surface area (Å²) < 4.78 is 0. The zero-order valence-corrected chi connectivity index (χ0v) is 10.8. The molecule has 0 aliphatic carbocycles. The minimum atomic E-state index is 0.700. The molecule has 0 spiro atoms. The summed E-state index contributed by atoms with van der Waals surface area (Å²) in [5.74, 6) is 0.883. The van der Waals surface area contributed by atoms with Crippen LogP contribution in [0.3, 0.4) is 0 Å². The van der Waals surface area contributed by atoms with Crippen LogP contribution in [0.2, 0.25) is 0 Å². The SMILES string of the molecule is CC(C)CCCCCCN(C)C(C)C. The van der Waals surface area contributed by atoms with E-state index in [0.29, 0.717) is 6.04 Å². The molecule has 0 atom stereocenters. The second kappa shape index (κ2) is 8.28. The van der Waals surface area contributed by atoms with Crippen LogP contribution in [0.25, 0.3) is 0 Å². The summed E-state index contributed by atoms with van der Waals surface area (Å²) in [6.45, 7) is 10.4. The van der Waals surface area contributed by atoms with Gasteiger partial charge in [0, 0.05) is 6.04 Å². The summed E-state index contributed by atoms with van der Waals surface area (Å²) >= 11 is 0. The van der Waals surface area contributed by atoms with Gasteiger partial charge < -0.3 is 4.90 Å². The van der Waals surface area contributed by atoms with E-state index in [4.69, 9.17) is 0 Å². The minimum Gasteiger partial charge on any atom is -0.304 e. The van der Waals surface area contributed by atoms with Crippen LogP contribution in [0.1, 0.15) is 59.8 Å². The highest BCUT2D eigenvalue weighted by atomic mass is 15.1. The quantitative estimate of drug-likeness (QED) is 0.535. The van der Waals surface area contributed by atoms with E-state index in [1.807, 2.05) is 0 Å². The lowest BCUT2D eigenvalue weighted by Gasteiger charge is -2.20. The Kier molecular flexibility index (Phi) is 8.26. The first-order valence-corrected chi connectivity index (χ1v) is 6.24. The van der Waals surface area contributed by atoms with Gasteiger partial charge in [-0.1, -0.05) is 39.5 Å². The molecular formula is C13H29N. The van der Waals surface area contributed by atoms with Crippen LogP contribution in [0.15, 0.2) is 0 Å². The Balaban J connectivity index is 3.13. The van der Waals surface area contributed by atoms with Crippen LogP contribution in [0, 0.1) is 5.92 Å². The summed E-state index contributed by atoms with van der Waals surface area (Å²) in [5.41, 5.74) is 0. The number of hydrogen-bond donors (Lipinski definition) is 0. The standard InChI is InChI=1S/C13H29N/c1-12(2)10-8-6-7-9-11-14(5)13(3)4/h12-13H,6-11H2,1-5H3. The lowest BCUT2D eigenvalue weighted by atomic mass is 10.0. The van der Waals surface area contributed by atoms with Gasteiger partial charge in [0.2, 0.25) is 0 Å². The zero-order chi connectivity index (χ0) is 11.0. The third-order valence-electron chi connectivity index (χ3n) is 2.92. The number of hydrogen-bond acceptors (Lipinski definition) is 1. The molecule has 14 heavy (non-hydrogen) atoms. The van der Waals surface area contributed by atoms with Crippen molar-refractivity contribution in [2.24, 2.45) is 5.92 Å². The molecule has 1 nitrogen and oxygen atoms in total. The second-order valence-electron chi connectivity index (χ2n) is 5.17. The smallest absolute Gasteiger partial charge is 0.00355 e. The molecular weight excluding hydrogens is 170 g/mol. The van der Waals surface area contributed by atoms with E-state index in [1.165, 1.54) is 38.6 Å². The minimum absolute atomic E-state index is 0.700. The van der Waals surface area contributed by atoms with Crippen molar-refractivity contribution >= 4 is 0 Å². The van der Waals surface area contributed by atoms with Gasteiger partial charge in [-0.05, 0) is 39.8 Å². The Morgan fingerprint density at radius 2 is 1.43 bits per heavy atom. The molecule has 0 aromatic carbocycles. The largest absolute Gasteiger partial charge is 0.304 e. The first-order chi connectivity index (χ1) is 6.54. The van der Waals surface area contributed by atoms with Crippen LogP contribution in [-0.2, 0) is 0 Å². The molecule has 86 valence electrons. The third kappa shape index (κ3) is 8.55. The maximum absolute atomic E-state index is 2.43. The molecule has 0 bridgehead atoms. The Labute approximate surface area is 90.9 Å². The highest BCUT2D eigenvalue weighted by Crippen LogP contribution is 2.09. The molecule has 0 fully saturated rings. The molecule has 0 amide bonds. The fourth-order valence-electron chi connectivity index (χ4n) is 1.53. The van der Waals surface area contributed by atoms with Crippen molar-refractivity contribution in [1.82, 2.24) is 4.90 Å². The first kappa shape index (κ1) is 14.0. The van der Waals surface area contributed by atoms with Crippen LogP contribution < -0.4 is 0 Å². The van der Waals surface area contributed by atoms with Gasteiger partial charge in [-0.3, -0.25) is 0 Å². The van der Waals surface area contributed by atoms with E-state index in [9.17, 15) is 0 Å². The van der Waals surface area contributed by atoms with Crippen molar-refractivity contribution in [3.63, 3.8) is 0 Å². The molecule has 0 saturated carbocycles. The molecule has 0 aliphatic rings. The van der Waals surface area contributed by atoms with Crippen molar-refractivity contribution in [3.05, 3.63) is 0 Å². The molecule has 1 heteroatoms.